The number of rotatable bonds is 5. The molecule has 0 heterocycles. The molecule has 0 unspecified atom stereocenters. The van der Waals surface area contributed by atoms with E-state index in [-0.39, 0.29) is 0 Å². The van der Waals surface area contributed by atoms with Gasteiger partial charge in [0, 0.05) is 9.80 Å². The summed E-state index contributed by atoms with van der Waals surface area (Å²) in [7, 11) is 0. The SMILES string of the molecule is C=C(Sc1ccc(C)cc1)C(O)(c1ccccc1)c1ccccc1. The van der Waals surface area contributed by atoms with Crippen LogP contribution in [0.3, 0.4) is 0 Å². The largest absolute Gasteiger partial charge is 0.376 e. The molecular weight excluding hydrogens is 312 g/mol. The second kappa shape index (κ2) is 7.08. The third kappa shape index (κ3) is 3.30. The summed E-state index contributed by atoms with van der Waals surface area (Å²) in [6.07, 6.45) is 0. The average Bonchev–Trinajstić information content (AvgIpc) is 2.64. The Morgan fingerprint density at radius 2 is 1.25 bits per heavy atom. The lowest BCUT2D eigenvalue weighted by Gasteiger charge is -2.31. The highest BCUT2D eigenvalue weighted by molar-refractivity contribution is 8.03. The molecule has 1 N–H and O–H groups in total. The Morgan fingerprint density at radius 3 is 1.71 bits per heavy atom. The topological polar surface area (TPSA) is 20.2 Å². The predicted octanol–water partition coefficient (Wildman–Crippen LogP) is 5.54. The molecule has 0 saturated carbocycles. The maximum atomic E-state index is 11.6. The minimum atomic E-state index is -1.24. The molecule has 0 fully saturated rings. The standard InChI is InChI=1S/C22H20OS/c1-17-13-15-21(16-14-17)24-18(2)22(23,19-9-5-3-6-10-19)20-11-7-4-8-12-20/h3-16,23H,2H2,1H3. The molecule has 0 aliphatic carbocycles. The van der Waals surface area contributed by atoms with E-state index in [1.807, 2.05) is 60.7 Å². The highest BCUT2D eigenvalue weighted by atomic mass is 32.2. The first-order valence-corrected chi connectivity index (χ1v) is 8.69. The van der Waals surface area contributed by atoms with E-state index in [1.165, 1.54) is 17.3 Å². The maximum absolute atomic E-state index is 11.6. The Bertz CT molecular complexity index is 768. The Hall–Kier alpha value is -2.29. The summed E-state index contributed by atoms with van der Waals surface area (Å²) < 4.78 is 0. The number of aliphatic hydroxyl groups is 1. The molecular formula is C22H20OS. The van der Waals surface area contributed by atoms with Crippen molar-refractivity contribution in [2.75, 3.05) is 0 Å². The minimum absolute atomic E-state index is 0.684. The first kappa shape index (κ1) is 16.6. The molecule has 0 atom stereocenters. The molecule has 0 aliphatic heterocycles. The quantitative estimate of drug-likeness (QED) is 0.619. The lowest BCUT2D eigenvalue weighted by atomic mass is 9.86. The summed E-state index contributed by atoms with van der Waals surface area (Å²) >= 11 is 1.50. The third-order valence-electron chi connectivity index (χ3n) is 4.05. The van der Waals surface area contributed by atoms with Crippen LogP contribution in [0.5, 0.6) is 0 Å². The zero-order valence-corrected chi connectivity index (χ0v) is 14.5. The number of hydrogen-bond acceptors (Lipinski definition) is 2. The molecule has 0 aliphatic rings. The summed E-state index contributed by atoms with van der Waals surface area (Å²) in [4.78, 5) is 1.75. The van der Waals surface area contributed by atoms with Crippen molar-refractivity contribution in [2.24, 2.45) is 0 Å². The van der Waals surface area contributed by atoms with Gasteiger partial charge in [0.1, 0.15) is 5.60 Å². The van der Waals surface area contributed by atoms with Crippen molar-refractivity contribution in [2.45, 2.75) is 17.4 Å². The highest BCUT2D eigenvalue weighted by Gasteiger charge is 2.35. The van der Waals surface area contributed by atoms with Gasteiger partial charge in [0.25, 0.3) is 0 Å². The molecule has 0 radical (unpaired) electrons. The van der Waals surface area contributed by atoms with E-state index in [2.05, 4.69) is 37.8 Å². The van der Waals surface area contributed by atoms with Crippen LogP contribution in [0, 0.1) is 6.92 Å². The normalized spacial score (nSPS) is 11.2. The van der Waals surface area contributed by atoms with Crippen molar-refractivity contribution >= 4 is 11.8 Å². The van der Waals surface area contributed by atoms with E-state index in [9.17, 15) is 5.11 Å². The number of benzene rings is 3. The molecule has 0 saturated heterocycles. The van der Waals surface area contributed by atoms with Crippen molar-refractivity contribution in [3.63, 3.8) is 0 Å². The van der Waals surface area contributed by atoms with Gasteiger partial charge in [-0.25, -0.2) is 0 Å². The van der Waals surface area contributed by atoms with Gasteiger partial charge < -0.3 is 5.11 Å². The van der Waals surface area contributed by atoms with Crippen LogP contribution in [0.2, 0.25) is 0 Å². The summed E-state index contributed by atoms with van der Waals surface area (Å²) in [5.74, 6) is 0. The van der Waals surface area contributed by atoms with E-state index < -0.39 is 5.60 Å². The Kier molecular flexibility index (Phi) is 4.89. The van der Waals surface area contributed by atoms with Crippen molar-refractivity contribution in [1.82, 2.24) is 0 Å². The van der Waals surface area contributed by atoms with E-state index >= 15 is 0 Å². The fourth-order valence-corrected chi connectivity index (χ4v) is 3.61. The van der Waals surface area contributed by atoms with E-state index in [0.29, 0.717) is 4.91 Å². The molecule has 2 heteroatoms. The number of aryl methyl sites for hydroxylation is 1. The van der Waals surface area contributed by atoms with E-state index in [4.69, 9.17) is 0 Å². The number of hydrogen-bond donors (Lipinski definition) is 1. The van der Waals surface area contributed by atoms with Gasteiger partial charge in [-0.05, 0) is 30.2 Å². The van der Waals surface area contributed by atoms with Gasteiger partial charge in [-0.1, -0.05) is 96.7 Å². The summed E-state index contributed by atoms with van der Waals surface area (Å²) in [5, 5.41) is 11.6. The monoisotopic (exact) mass is 332 g/mol. The first-order valence-electron chi connectivity index (χ1n) is 7.88. The zero-order chi connectivity index (χ0) is 17.0. The van der Waals surface area contributed by atoms with Crippen LogP contribution in [0.15, 0.2) is 101 Å². The van der Waals surface area contributed by atoms with Crippen LogP contribution >= 0.6 is 11.8 Å². The molecule has 1 nitrogen and oxygen atoms in total. The molecule has 3 rings (SSSR count). The van der Waals surface area contributed by atoms with Gasteiger partial charge >= 0.3 is 0 Å². The van der Waals surface area contributed by atoms with Crippen LogP contribution in [0.4, 0.5) is 0 Å². The van der Waals surface area contributed by atoms with Crippen molar-refractivity contribution in [3.8, 4) is 0 Å². The maximum Gasteiger partial charge on any atom is 0.146 e. The summed E-state index contributed by atoms with van der Waals surface area (Å²) in [6.45, 7) is 6.27. The predicted molar refractivity (Wildman–Crippen MR) is 102 cm³/mol. The smallest absolute Gasteiger partial charge is 0.146 e. The lowest BCUT2D eigenvalue weighted by molar-refractivity contribution is 0.131. The van der Waals surface area contributed by atoms with E-state index in [1.54, 1.807) is 0 Å². The molecule has 24 heavy (non-hydrogen) atoms. The first-order chi connectivity index (χ1) is 11.6. The number of thioether (sulfide) groups is 1. The van der Waals surface area contributed by atoms with Crippen molar-refractivity contribution < 1.29 is 5.11 Å². The summed E-state index contributed by atoms with van der Waals surface area (Å²) in [5.41, 5.74) is 1.62. The molecule has 0 spiro atoms. The van der Waals surface area contributed by atoms with Crippen LogP contribution in [0.25, 0.3) is 0 Å². The van der Waals surface area contributed by atoms with Crippen LogP contribution in [-0.2, 0) is 5.60 Å². The fraction of sp³-hybridized carbons (Fsp3) is 0.0909. The fourth-order valence-electron chi connectivity index (χ4n) is 2.67. The zero-order valence-electron chi connectivity index (χ0n) is 13.6. The van der Waals surface area contributed by atoms with Gasteiger partial charge in [-0.15, -0.1) is 0 Å². The van der Waals surface area contributed by atoms with Crippen LogP contribution in [-0.4, -0.2) is 5.11 Å². The van der Waals surface area contributed by atoms with Gasteiger partial charge in [0.2, 0.25) is 0 Å². The second-order valence-corrected chi connectivity index (χ2v) is 6.95. The Labute approximate surface area is 147 Å². The van der Waals surface area contributed by atoms with Crippen molar-refractivity contribution in [1.29, 1.82) is 0 Å². The minimum Gasteiger partial charge on any atom is -0.376 e. The average molecular weight is 332 g/mol. The van der Waals surface area contributed by atoms with Gasteiger partial charge in [-0.3, -0.25) is 0 Å². The molecule has 120 valence electrons. The third-order valence-corrected chi connectivity index (χ3v) is 5.10. The Balaban J connectivity index is 2.02. The molecule has 0 bridgehead atoms. The highest BCUT2D eigenvalue weighted by Crippen LogP contribution is 2.43. The van der Waals surface area contributed by atoms with Gasteiger partial charge in [0.05, 0.1) is 0 Å². The second-order valence-electron chi connectivity index (χ2n) is 5.78. The molecule has 3 aromatic carbocycles. The van der Waals surface area contributed by atoms with Gasteiger partial charge in [-0.2, -0.15) is 0 Å². The summed E-state index contributed by atoms with van der Waals surface area (Å²) in [6, 6.07) is 27.7. The van der Waals surface area contributed by atoms with Crippen LogP contribution < -0.4 is 0 Å². The Morgan fingerprint density at radius 1 is 0.792 bits per heavy atom. The van der Waals surface area contributed by atoms with Gasteiger partial charge in [0.15, 0.2) is 0 Å². The molecule has 0 amide bonds. The lowest BCUT2D eigenvalue weighted by Crippen LogP contribution is -2.28. The molecule has 3 aromatic rings. The van der Waals surface area contributed by atoms with E-state index in [0.717, 1.165) is 16.0 Å². The van der Waals surface area contributed by atoms with Crippen LogP contribution in [0.1, 0.15) is 16.7 Å². The molecule has 0 aromatic heterocycles. The van der Waals surface area contributed by atoms with Crippen molar-refractivity contribution in [3.05, 3.63) is 113 Å².